The average molecular weight is 275 g/mol. The minimum atomic E-state index is 0.0275. The van der Waals surface area contributed by atoms with E-state index in [1.54, 1.807) is 11.3 Å². The van der Waals surface area contributed by atoms with E-state index in [9.17, 15) is 4.79 Å². The summed E-state index contributed by atoms with van der Waals surface area (Å²) in [5.74, 6) is 0.0275. The van der Waals surface area contributed by atoms with Gasteiger partial charge in [-0.05, 0) is 24.6 Å². The maximum atomic E-state index is 11.4. The van der Waals surface area contributed by atoms with E-state index in [-0.39, 0.29) is 5.91 Å². The first-order valence-electron chi connectivity index (χ1n) is 6.21. The first kappa shape index (κ1) is 13.5. The van der Waals surface area contributed by atoms with Crippen LogP contribution in [0.25, 0.3) is 0 Å². The minimum Gasteiger partial charge on any atom is -0.379 e. The molecule has 0 radical (unpaired) electrons. The lowest BCUT2D eigenvalue weighted by Crippen LogP contribution is -2.11. The second kappa shape index (κ2) is 6.33. The average Bonchev–Trinajstić information content (AvgIpc) is 2.93. The van der Waals surface area contributed by atoms with Crippen LogP contribution < -0.4 is 10.6 Å². The SMILES string of the molecule is CCC(=O)Nc1cccc(NCc2cscn2)c1C. The molecule has 0 saturated carbocycles. The molecule has 0 spiro atoms. The molecule has 0 unspecified atom stereocenters. The standard InChI is InChI=1S/C14H17N3OS/c1-3-14(18)17-13-6-4-5-12(10(13)2)15-7-11-8-19-9-16-11/h4-6,8-9,15H,3,7H2,1-2H3,(H,17,18). The van der Waals surface area contributed by atoms with E-state index in [2.05, 4.69) is 15.6 Å². The maximum Gasteiger partial charge on any atom is 0.224 e. The number of benzene rings is 1. The Kier molecular flexibility index (Phi) is 4.52. The van der Waals surface area contributed by atoms with Gasteiger partial charge in [0, 0.05) is 23.2 Å². The van der Waals surface area contributed by atoms with E-state index in [0.29, 0.717) is 13.0 Å². The van der Waals surface area contributed by atoms with E-state index < -0.39 is 0 Å². The molecular formula is C14H17N3OS. The number of aromatic nitrogens is 1. The highest BCUT2D eigenvalue weighted by Crippen LogP contribution is 2.24. The van der Waals surface area contributed by atoms with Crippen LogP contribution >= 0.6 is 11.3 Å². The third-order valence-electron chi connectivity index (χ3n) is 2.87. The molecule has 1 amide bonds. The summed E-state index contributed by atoms with van der Waals surface area (Å²) in [6, 6.07) is 5.85. The summed E-state index contributed by atoms with van der Waals surface area (Å²) in [6.07, 6.45) is 0.482. The van der Waals surface area contributed by atoms with Crippen molar-refractivity contribution in [2.75, 3.05) is 10.6 Å². The van der Waals surface area contributed by atoms with Crippen LogP contribution in [-0.4, -0.2) is 10.9 Å². The molecule has 2 N–H and O–H groups in total. The Labute approximate surface area is 116 Å². The number of nitrogens with one attached hydrogen (secondary N) is 2. The summed E-state index contributed by atoms with van der Waals surface area (Å²) in [5.41, 5.74) is 5.76. The molecule has 0 aliphatic heterocycles. The molecule has 0 aliphatic rings. The normalized spacial score (nSPS) is 10.2. The van der Waals surface area contributed by atoms with Gasteiger partial charge in [-0.3, -0.25) is 4.79 Å². The molecule has 0 bridgehead atoms. The van der Waals surface area contributed by atoms with E-state index in [4.69, 9.17) is 0 Å². The smallest absolute Gasteiger partial charge is 0.224 e. The van der Waals surface area contributed by atoms with Crippen LogP contribution in [0, 0.1) is 6.92 Å². The number of carbonyl (C=O) groups is 1. The number of amides is 1. The first-order chi connectivity index (χ1) is 9.20. The van der Waals surface area contributed by atoms with Gasteiger partial charge < -0.3 is 10.6 Å². The fraction of sp³-hybridized carbons (Fsp3) is 0.286. The Bertz CT molecular complexity index is 552. The van der Waals surface area contributed by atoms with Crippen molar-refractivity contribution in [2.45, 2.75) is 26.8 Å². The van der Waals surface area contributed by atoms with Crippen LogP contribution in [-0.2, 0) is 11.3 Å². The van der Waals surface area contributed by atoms with Crippen molar-refractivity contribution in [2.24, 2.45) is 0 Å². The first-order valence-corrected chi connectivity index (χ1v) is 7.15. The molecule has 0 atom stereocenters. The number of rotatable bonds is 5. The van der Waals surface area contributed by atoms with E-state index >= 15 is 0 Å². The number of hydrogen-bond donors (Lipinski definition) is 2. The Morgan fingerprint density at radius 1 is 1.37 bits per heavy atom. The zero-order chi connectivity index (χ0) is 13.7. The van der Waals surface area contributed by atoms with Crippen molar-refractivity contribution in [3.63, 3.8) is 0 Å². The van der Waals surface area contributed by atoms with Crippen LogP contribution in [0.1, 0.15) is 24.6 Å². The van der Waals surface area contributed by atoms with Gasteiger partial charge in [-0.15, -0.1) is 11.3 Å². The molecule has 0 aliphatic carbocycles. The van der Waals surface area contributed by atoms with Crippen LogP contribution in [0.15, 0.2) is 29.1 Å². The molecule has 0 saturated heterocycles. The monoisotopic (exact) mass is 275 g/mol. The summed E-state index contributed by atoms with van der Waals surface area (Å²) in [6.45, 7) is 4.53. The van der Waals surface area contributed by atoms with Crippen molar-refractivity contribution in [1.82, 2.24) is 4.98 Å². The fourth-order valence-corrected chi connectivity index (χ4v) is 2.27. The summed E-state index contributed by atoms with van der Waals surface area (Å²) >= 11 is 1.59. The molecule has 2 rings (SSSR count). The molecule has 5 heteroatoms. The molecular weight excluding hydrogens is 258 g/mol. The Balaban J connectivity index is 2.08. The number of anilines is 2. The third-order valence-corrected chi connectivity index (χ3v) is 3.51. The summed E-state index contributed by atoms with van der Waals surface area (Å²) in [7, 11) is 0. The van der Waals surface area contributed by atoms with Gasteiger partial charge in [0.15, 0.2) is 0 Å². The summed E-state index contributed by atoms with van der Waals surface area (Å²) in [4.78, 5) is 15.7. The zero-order valence-electron chi connectivity index (χ0n) is 11.1. The van der Waals surface area contributed by atoms with Gasteiger partial charge in [0.2, 0.25) is 5.91 Å². The van der Waals surface area contributed by atoms with Crippen molar-refractivity contribution >= 4 is 28.6 Å². The summed E-state index contributed by atoms with van der Waals surface area (Å²) < 4.78 is 0. The van der Waals surface area contributed by atoms with Crippen molar-refractivity contribution in [3.8, 4) is 0 Å². The van der Waals surface area contributed by atoms with E-state index in [0.717, 1.165) is 22.6 Å². The molecule has 19 heavy (non-hydrogen) atoms. The molecule has 0 fully saturated rings. The molecule has 1 aromatic carbocycles. The van der Waals surface area contributed by atoms with Crippen LogP contribution in [0.2, 0.25) is 0 Å². The molecule has 2 aromatic rings. The quantitative estimate of drug-likeness (QED) is 0.879. The van der Waals surface area contributed by atoms with Gasteiger partial charge in [-0.25, -0.2) is 4.98 Å². The Hall–Kier alpha value is -1.88. The Morgan fingerprint density at radius 3 is 2.84 bits per heavy atom. The number of thiazole rings is 1. The van der Waals surface area contributed by atoms with Gasteiger partial charge in [-0.1, -0.05) is 13.0 Å². The van der Waals surface area contributed by atoms with Crippen LogP contribution in [0.5, 0.6) is 0 Å². The van der Waals surface area contributed by atoms with Crippen molar-refractivity contribution in [1.29, 1.82) is 0 Å². The van der Waals surface area contributed by atoms with Gasteiger partial charge in [0.05, 0.1) is 17.7 Å². The zero-order valence-corrected chi connectivity index (χ0v) is 11.9. The second-order valence-corrected chi connectivity index (χ2v) is 4.93. The van der Waals surface area contributed by atoms with Gasteiger partial charge >= 0.3 is 0 Å². The highest BCUT2D eigenvalue weighted by atomic mass is 32.1. The lowest BCUT2D eigenvalue weighted by molar-refractivity contribution is -0.115. The lowest BCUT2D eigenvalue weighted by atomic mass is 10.1. The van der Waals surface area contributed by atoms with Crippen LogP contribution in [0.4, 0.5) is 11.4 Å². The minimum absolute atomic E-state index is 0.0275. The summed E-state index contributed by atoms with van der Waals surface area (Å²) in [5, 5.41) is 8.26. The number of nitrogens with zero attached hydrogens (tertiary/aromatic N) is 1. The van der Waals surface area contributed by atoms with Crippen molar-refractivity contribution in [3.05, 3.63) is 40.3 Å². The Morgan fingerprint density at radius 2 is 2.16 bits per heavy atom. The molecule has 1 heterocycles. The largest absolute Gasteiger partial charge is 0.379 e. The highest BCUT2D eigenvalue weighted by molar-refractivity contribution is 7.07. The molecule has 1 aromatic heterocycles. The fourth-order valence-electron chi connectivity index (χ4n) is 1.71. The number of hydrogen-bond acceptors (Lipinski definition) is 4. The van der Waals surface area contributed by atoms with Crippen molar-refractivity contribution < 1.29 is 4.79 Å². The van der Waals surface area contributed by atoms with Gasteiger partial charge in [0.1, 0.15) is 0 Å². The van der Waals surface area contributed by atoms with E-state index in [1.165, 1.54) is 0 Å². The molecule has 100 valence electrons. The lowest BCUT2D eigenvalue weighted by Gasteiger charge is -2.13. The van der Waals surface area contributed by atoms with Crippen LogP contribution in [0.3, 0.4) is 0 Å². The number of carbonyl (C=O) groups excluding carboxylic acids is 1. The second-order valence-electron chi connectivity index (χ2n) is 4.21. The maximum absolute atomic E-state index is 11.4. The van der Waals surface area contributed by atoms with Gasteiger partial charge in [-0.2, -0.15) is 0 Å². The third kappa shape index (κ3) is 3.54. The molecule has 4 nitrogen and oxygen atoms in total. The predicted octanol–water partition coefficient (Wildman–Crippen LogP) is 3.41. The predicted molar refractivity (Wildman–Crippen MR) is 79.5 cm³/mol. The van der Waals surface area contributed by atoms with Gasteiger partial charge in [0.25, 0.3) is 0 Å². The topological polar surface area (TPSA) is 54.0 Å². The highest BCUT2D eigenvalue weighted by Gasteiger charge is 2.06. The van der Waals surface area contributed by atoms with E-state index in [1.807, 2.05) is 42.9 Å².